The summed E-state index contributed by atoms with van der Waals surface area (Å²) < 4.78 is 26.4. The standard InChI is InChI=1S/C23H22F2N6/c1-13-8-18(15-6-4-3-5-7-15)20(30-13)14(2)31-23-19(22(26)28-12-29-23)16-9-17(21(24)25)11-27-10-16/h3-12,14,21,30H,1-2H3,(H3,26,28,29,31)/t14-/m0/s1. The van der Waals surface area contributed by atoms with Gasteiger partial charge in [0.05, 0.1) is 11.6 Å². The summed E-state index contributed by atoms with van der Waals surface area (Å²) in [5.74, 6) is 0.628. The van der Waals surface area contributed by atoms with Gasteiger partial charge in [-0.15, -0.1) is 0 Å². The van der Waals surface area contributed by atoms with Crippen LogP contribution in [0.3, 0.4) is 0 Å². The van der Waals surface area contributed by atoms with E-state index in [9.17, 15) is 8.78 Å². The van der Waals surface area contributed by atoms with Crippen LogP contribution in [0.2, 0.25) is 0 Å². The molecule has 0 spiro atoms. The number of anilines is 2. The quantitative estimate of drug-likeness (QED) is 0.381. The second kappa shape index (κ2) is 8.51. The SMILES string of the molecule is Cc1cc(-c2ccccc2)c([C@H](C)Nc2ncnc(N)c2-c2cncc(C(F)F)c2)[nH]1. The smallest absolute Gasteiger partial charge is 0.265 e. The Morgan fingerprint density at radius 2 is 1.81 bits per heavy atom. The van der Waals surface area contributed by atoms with Gasteiger partial charge in [0.25, 0.3) is 6.43 Å². The molecule has 3 aromatic heterocycles. The number of H-pyrrole nitrogens is 1. The molecule has 0 aliphatic rings. The molecule has 0 amide bonds. The molecule has 8 heteroatoms. The third-order valence-electron chi connectivity index (χ3n) is 5.03. The monoisotopic (exact) mass is 420 g/mol. The Kier molecular flexibility index (Phi) is 5.62. The number of aryl methyl sites for hydroxylation is 1. The van der Waals surface area contributed by atoms with E-state index >= 15 is 0 Å². The zero-order valence-electron chi connectivity index (χ0n) is 17.1. The first-order chi connectivity index (χ1) is 14.9. The molecule has 1 atom stereocenters. The Hall–Kier alpha value is -3.81. The molecule has 0 bridgehead atoms. The number of halogens is 2. The first-order valence-corrected chi connectivity index (χ1v) is 9.79. The van der Waals surface area contributed by atoms with Crippen molar-refractivity contribution in [1.82, 2.24) is 19.9 Å². The van der Waals surface area contributed by atoms with Crippen molar-refractivity contribution in [1.29, 1.82) is 0 Å². The number of nitrogens with one attached hydrogen (secondary N) is 2. The van der Waals surface area contributed by atoms with E-state index in [1.165, 1.54) is 18.6 Å². The lowest BCUT2D eigenvalue weighted by Crippen LogP contribution is -2.12. The number of aromatic amines is 1. The van der Waals surface area contributed by atoms with Crippen LogP contribution >= 0.6 is 0 Å². The Bertz CT molecular complexity index is 1190. The number of hydrogen-bond donors (Lipinski definition) is 3. The van der Waals surface area contributed by atoms with Gasteiger partial charge in [-0.25, -0.2) is 18.7 Å². The molecule has 3 heterocycles. The van der Waals surface area contributed by atoms with Gasteiger partial charge in [-0.1, -0.05) is 30.3 Å². The van der Waals surface area contributed by atoms with Crippen LogP contribution < -0.4 is 11.1 Å². The van der Waals surface area contributed by atoms with Crippen molar-refractivity contribution in [3.05, 3.63) is 78.1 Å². The molecule has 0 aliphatic carbocycles. The van der Waals surface area contributed by atoms with Crippen molar-refractivity contribution in [2.24, 2.45) is 0 Å². The first-order valence-electron chi connectivity index (χ1n) is 9.79. The Balaban J connectivity index is 1.72. The van der Waals surface area contributed by atoms with Crippen LogP contribution in [0, 0.1) is 6.92 Å². The van der Waals surface area contributed by atoms with Crippen LogP contribution in [-0.4, -0.2) is 19.9 Å². The molecular formula is C23H22F2N6. The summed E-state index contributed by atoms with van der Waals surface area (Å²) in [6, 6.07) is 13.3. The molecule has 0 saturated heterocycles. The third kappa shape index (κ3) is 4.23. The Labute approximate surface area is 178 Å². The van der Waals surface area contributed by atoms with Gasteiger partial charge in [-0.2, -0.15) is 0 Å². The minimum absolute atomic E-state index is 0.178. The predicted molar refractivity (Wildman–Crippen MR) is 118 cm³/mol. The maximum Gasteiger partial charge on any atom is 0.265 e. The molecule has 4 aromatic rings. The number of nitrogens with zero attached hydrogens (tertiary/aromatic N) is 3. The number of nitrogens with two attached hydrogens (primary N) is 1. The number of hydrogen-bond acceptors (Lipinski definition) is 5. The highest BCUT2D eigenvalue weighted by molar-refractivity contribution is 5.83. The van der Waals surface area contributed by atoms with Crippen LogP contribution in [0.25, 0.3) is 22.3 Å². The van der Waals surface area contributed by atoms with Gasteiger partial charge < -0.3 is 16.0 Å². The van der Waals surface area contributed by atoms with Crippen LogP contribution in [0.4, 0.5) is 20.4 Å². The van der Waals surface area contributed by atoms with Gasteiger partial charge in [0.1, 0.15) is 18.0 Å². The van der Waals surface area contributed by atoms with Gasteiger partial charge in [-0.3, -0.25) is 4.98 Å². The fraction of sp³-hybridized carbons (Fsp3) is 0.174. The highest BCUT2D eigenvalue weighted by Gasteiger charge is 2.20. The van der Waals surface area contributed by atoms with Crippen LogP contribution in [0.15, 0.2) is 61.2 Å². The maximum absolute atomic E-state index is 13.2. The lowest BCUT2D eigenvalue weighted by atomic mass is 10.0. The summed E-state index contributed by atoms with van der Waals surface area (Å²) in [5, 5.41) is 3.36. The number of benzene rings is 1. The second-order valence-electron chi connectivity index (χ2n) is 7.30. The van der Waals surface area contributed by atoms with Crippen molar-refractivity contribution in [3.8, 4) is 22.3 Å². The van der Waals surface area contributed by atoms with Crippen molar-refractivity contribution >= 4 is 11.6 Å². The molecule has 1 aromatic carbocycles. The van der Waals surface area contributed by atoms with E-state index in [2.05, 4.69) is 43.5 Å². The largest absolute Gasteiger partial charge is 0.383 e. The van der Waals surface area contributed by atoms with Crippen molar-refractivity contribution in [2.75, 3.05) is 11.1 Å². The molecule has 0 saturated carbocycles. The van der Waals surface area contributed by atoms with Crippen LogP contribution in [0.5, 0.6) is 0 Å². The molecule has 0 radical (unpaired) electrons. The molecule has 158 valence electrons. The van der Waals surface area contributed by atoms with Crippen molar-refractivity contribution < 1.29 is 8.78 Å². The second-order valence-corrected chi connectivity index (χ2v) is 7.30. The lowest BCUT2D eigenvalue weighted by molar-refractivity contribution is 0.151. The molecule has 31 heavy (non-hydrogen) atoms. The zero-order chi connectivity index (χ0) is 22.0. The summed E-state index contributed by atoms with van der Waals surface area (Å²) >= 11 is 0. The Morgan fingerprint density at radius 3 is 2.55 bits per heavy atom. The number of alkyl halides is 2. The normalized spacial score (nSPS) is 12.2. The van der Waals surface area contributed by atoms with E-state index in [1.54, 1.807) is 0 Å². The average Bonchev–Trinajstić information content (AvgIpc) is 3.16. The highest BCUT2D eigenvalue weighted by Crippen LogP contribution is 2.36. The third-order valence-corrected chi connectivity index (χ3v) is 5.03. The molecule has 0 fully saturated rings. The Morgan fingerprint density at radius 1 is 1.03 bits per heavy atom. The van der Waals surface area contributed by atoms with E-state index in [0.717, 1.165) is 28.7 Å². The average molecular weight is 420 g/mol. The maximum atomic E-state index is 13.2. The summed E-state index contributed by atoms with van der Waals surface area (Å²) in [6.45, 7) is 3.99. The van der Waals surface area contributed by atoms with Gasteiger partial charge >= 0.3 is 0 Å². The van der Waals surface area contributed by atoms with Crippen molar-refractivity contribution in [3.63, 3.8) is 0 Å². The fourth-order valence-corrected chi connectivity index (χ4v) is 3.59. The van der Waals surface area contributed by atoms with Crippen molar-refractivity contribution in [2.45, 2.75) is 26.3 Å². The van der Waals surface area contributed by atoms with E-state index < -0.39 is 6.43 Å². The molecule has 0 unspecified atom stereocenters. The minimum atomic E-state index is -2.64. The molecular weight excluding hydrogens is 398 g/mol. The van der Waals surface area contributed by atoms with E-state index in [4.69, 9.17) is 5.73 Å². The minimum Gasteiger partial charge on any atom is -0.383 e. The lowest BCUT2D eigenvalue weighted by Gasteiger charge is -2.19. The number of rotatable bonds is 6. The number of aromatic nitrogens is 4. The molecule has 4 N–H and O–H groups in total. The zero-order valence-corrected chi connectivity index (χ0v) is 17.1. The van der Waals surface area contributed by atoms with Gasteiger partial charge in [-0.05, 0) is 31.5 Å². The van der Waals surface area contributed by atoms with Gasteiger partial charge in [0.2, 0.25) is 0 Å². The summed E-state index contributed by atoms with van der Waals surface area (Å²) in [6.07, 6.45) is 1.32. The van der Waals surface area contributed by atoms with E-state index in [0.29, 0.717) is 16.9 Å². The molecule has 6 nitrogen and oxygen atoms in total. The summed E-state index contributed by atoms with van der Waals surface area (Å²) in [5.41, 5.74) is 10.9. The van der Waals surface area contributed by atoms with E-state index in [-0.39, 0.29) is 17.4 Å². The summed E-state index contributed by atoms with van der Waals surface area (Å²) in [4.78, 5) is 15.7. The topological polar surface area (TPSA) is 92.5 Å². The first kappa shape index (κ1) is 20.5. The molecule has 0 aliphatic heterocycles. The van der Waals surface area contributed by atoms with E-state index in [1.807, 2.05) is 32.0 Å². The van der Waals surface area contributed by atoms with Gasteiger partial charge in [0.15, 0.2) is 0 Å². The fourth-order valence-electron chi connectivity index (χ4n) is 3.59. The molecule has 4 rings (SSSR count). The predicted octanol–water partition coefficient (Wildman–Crippen LogP) is 5.54. The summed E-state index contributed by atoms with van der Waals surface area (Å²) in [7, 11) is 0. The van der Waals surface area contributed by atoms with Crippen LogP contribution in [-0.2, 0) is 0 Å². The number of nitrogen functional groups attached to an aromatic ring is 1. The number of pyridine rings is 1. The van der Waals surface area contributed by atoms with Gasteiger partial charge in [0, 0.05) is 40.5 Å². The van der Waals surface area contributed by atoms with Crippen LogP contribution in [0.1, 0.15) is 36.3 Å². The highest BCUT2D eigenvalue weighted by atomic mass is 19.3.